The van der Waals surface area contributed by atoms with Gasteiger partial charge in [0.05, 0.1) is 18.1 Å². The second kappa shape index (κ2) is 4.89. The molecule has 0 fully saturated rings. The molecule has 0 heterocycles. The third-order valence-electron chi connectivity index (χ3n) is 2.00. The van der Waals surface area contributed by atoms with E-state index in [1.807, 2.05) is 0 Å². The van der Waals surface area contributed by atoms with Crippen LogP contribution in [0.15, 0.2) is 24.3 Å². The van der Waals surface area contributed by atoms with Crippen LogP contribution in [0.25, 0.3) is 0 Å². The number of benzene rings is 1. The minimum absolute atomic E-state index is 0.0923. The first-order chi connectivity index (χ1) is 7.60. The first-order valence-electron chi connectivity index (χ1n) is 4.32. The summed E-state index contributed by atoms with van der Waals surface area (Å²) in [4.78, 5) is 21.0. The Hall–Kier alpha value is -2.42. The lowest BCUT2D eigenvalue weighted by Crippen LogP contribution is -2.12. The Bertz CT molecular complexity index is 447. The molecule has 1 aromatic carbocycles. The molecule has 6 nitrogen and oxygen atoms in total. The summed E-state index contributed by atoms with van der Waals surface area (Å²) in [5.74, 6) is -1.73. The highest BCUT2D eigenvalue weighted by molar-refractivity contribution is 5.81. The van der Waals surface area contributed by atoms with E-state index in [-0.39, 0.29) is 5.69 Å². The molecule has 0 bridgehead atoms. The molecule has 1 aromatic rings. The molecular weight excluding hydrogens is 212 g/mol. The lowest BCUT2D eigenvalue weighted by Gasteiger charge is -2.06. The highest BCUT2D eigenvalue weighted by Gasteiger charge is 2.21. The number of hydrogen-bond donors (Lipinski definition) is 0. The second-order valence-electron chi connectivity index (χ2n) is 2.93. The minimum Gasteiger partial charge on any atom is -0.468 e. The number of nitriles is 1. The van der Waals surface area contributed by atoms with Crippen LogP contribution in [0, 0.1) is 21.4 Å². The van der Waals surface area contributed by atoms with Gasteiger partial charge in [-0.1, -0.05) is 12.1 Å². The van der Waals surface area contributed by atoms with Gasteiger partial charge in [-0.05, 0) is 5.56 Å². The van der Waals surface area contributed by atoms with Crippen molar-refractivity contribution in [2.75, 3.05) is 7.11 Å². The number of nitro groups is 1. The van der Waals surface area contributed by atoms with Gasteiger partial charge < -0.3 is 4.74 Å². The zero-order chi connectivity index (χ0) is 12.1. The quantitative estimate of drug-likeness (QED) is 0.435. The van der Waals surface area contributed by atoms with Crippen molar-refractivity contribution < 1.29 is 14.5 Å². The Morgan fingerprint density at radius 2 is 2.06 bits per heavy atom. The van der Waals surface area contributed by atoms with E-state index in [2.05, 4.69) is 4.74 Å². The molecule has 0 saturated heterocycles. The van der Waals surface area contributed by atoms with E-state index < -0.39 is 16.8 Å². The Morgan fingerprint density at radius 1 is 1.50 bits per heavy atom. The molecule has 0 aliphatic rings. The Kier molecular flexibility index (Phi) is 3.56. The number of ether oxygens (including phenoxy) is 1. The Morgan fingerprint density at radius 3 is 2.44 bits per heavy atom. The summed E-state index contributed by atoms with van der Waals surface area (Å²) >= 11 is 0. The lowest BCUT2D eigenvalue weighted by molar-refractivity contribution is -0.384. The average molecular weight is 220 g/mol. The molecule has 0 saturated carbocycles. The van der Waals surface area contributed by atoms with Gasteiger partial charge in [0.15, 0.2) is 5.92 Å². The molecule has 0 spiro atoms. The number of esters is 1. The SMILES string of the molecule is COC(=O)C(C#N)c1ccc([N+](=O)[O-])cc1. The molecule has 0 radical (unpaired) electrons. The Labute approximate surface area is 91.2 Å². The molecule has 0 N–H and O–H groups in total. The number of carbonyl (C=O) groups excluding carboxylic acids is 1. The molecule has 0 aromatic heterocycles. The van der Waals surface area contributed by atoms with Crippen molar-refractivity contribution in [3.63, 3.8) is 0 Å². The maximum Gasteiger partial charge on any atom is 0.327 e. The number of nitrogens with zero attached hydrogens (tertiary/aromatic N) is 2. The van der Waals surface area contributed by atoms with E-state index in [0.29, 0.717) is 5.56 Å². The predicted octanol–water partition coefficient (Wildman–Crippen LogP) is 1.37. The predicted molar refractivity (Wildman–Crippen MR) is 53.5 cm³/mol. The normalized spacial score (nSPS) is 11.2. The third-order valence-corrected chi connectivity index (χ3v) is 2.00. The number of methoxy groups -OCH3 is 1. The van der Waals surface area contributed by atoms with Crippen molar-refractivity contribution in [1.29, 1.82) is 5.26 Å². The fourth-order valence-corrected chi connectivity index (χ4v) is 1.17. The van der Waals surface area contributed by atoms with Crippen molar-refractivity contribution in [2.24, 2.45) is 0 Å². The summed E-state index contributed by atoms with van der Waals surface area (Å²) < 4.78 is 4.44. The van der Waals surface area contributed by atoms with Gasteiger partial charge in [-0.2, -0.15) is 5.26 Å². The summed E-state index contributed by atoms with van der Waals surface area (Å²) in [6.45, 7) is 0. The molecule has 1 unspecified atom stereocenters. The summed E-state index contributed by atoms with van der Waals surface area (Å²) in [6, 6.07) is 6.98. The summed E-state index contributed by atoms with van der Waals surface area (Å²) in [5.41, 5.74) is 0.283. The van der Waals surface area contributed by atoms with Crippen LogP contribution in [0.4, 0.5) is 5.69 Å². The van der Waals surface area contributed by atoms with Crippen LogP contribution in [0.3, 0.4) is 0 Å². The van der Waals surface area contributed by atoms with E-state index >= 15 is 0 Å². The van der Waals surface area contributed by atoms with E-state index in [9.17, 15) is 14.9 Å². The molecule has 1 atom stereocenters. The summed E-state index contributed by atoms with van der Waals surface area (Å²) in [7, 11) is 1.18. The van der Waals surface area contributed by atoms with E-state index in [4.69, 9.17) is 5.26 Å². The maximum absolute atomic E-state index is 11.2. The lowest BCUT2D eigenvalue weighted by atomic mass is 10.0. The van der Waals surface area contributed by atoms with Crippen LogP contribution in [-0.4, -0.2) is 18.0 Å². The van der Waals surface area contributed by atoms with Crippen LogP contribution in [-0.2, 0) is 9.53 Å². The van der Waals surface area contributed by atoms with Crippen LogP contribution in [0.2, 0.25) is 0 Å². The molecule has 0 aliphatic heterocycles. The van der Waals surface area contributed by atoms with Crippen molar-refractivity contribution in [2.45, 2.75) is 5.92 Å². The van der Waals surface area contributed by atoms with Gasteiger partial charge in [-0.3, -0.25) is 14.9 Å². The molecule has 6 heteroatoms. The third kappa shape index (κ3) is 2.33. The first-order valence-corrected chi connectivity index (χ1v) is 4.32. The molecule has 1 rings (SSSR count). The zero-order valence-electron chi connectivity index (χ0n) is 8.41. The first kappa shape index (κ1) is 11.7. The van der Waals surface area contributed by atoms with E-state index in [1.54, 1.807) is 6.07 Å². The number of hydrogen-bond acceptors (Lipinski definition) is 5. The van der Waals surface area contributed by atoms with Crippen LogP contribution in [0.5, 0.6) is 0 Å². The highest BCUT2D eigenvalue weighted by Crippen LogP contribution is 2.19. The van der Waals surface area contributed by atoms with Gasteiger partial charge in [0.25, 0.3) is 5.69 Å². The van der Waals surface area contributed by atoms with Crippen LogP contribution < -0.4 is 0 Å². The number of rotatable bonds is 3. The molecule has 0 aliphatic carbocycles. The smallest absolute Gasteiger partial charge is 0.327 e. The van der Waals surface area contributed by atoms with Crippen LogP contribution >= 0.6 is 0 Å². The highest BCUT2D eigenvalue weighted by atomic mass is 16.6. The fourth-order valence-electron chi connectivity index (χ4n) is 1.17. The standard InChI is InChI=1S/C10H8N2O4/c1-16-10(13)9(6-11)7-2-4-8(5-3-7)12(14)15/h2-5,9H,1H3. The zero-order valence-corrected chi connectivity index (χ0v) is 8.41. The Balaban J connectivity index is 3.01. The fraction of sp³-hybridized carbons (Fsp3) is 0.200. The molecular formula is C10H8N2O4. The van der Waals surface area contributed by atoms with Gasteiger partial charge in [0.1, 0.15) is 0 Å². The minimum atomic E-state index is -1.05. The number of carbonyl (C=O) groups is 1. The van der Waals surface area contributed by atoms with Gasteiger partial charge in [-0.25, -0.2) is 0 Å². The van der Waals surface area contributed by atoms with E-state index in [0.717, 1.165) is 0 Å². The summed E-state index contributed by atoms with van der Waals surface area (Å²) in [5, 5.41) is 19.2. The second-order valence-corrected chi connectivity index (χ2v) is 2.93. The van der Waals surface area contributed by atoms with Crippen LogP contribution in [0.1, 0.15) is 11.5 Å². The molecule has 0 amide bonds. The van der Waals surface area contributed by atoms with E-state index in [1.165, 1.54) is 31.4 Å². The topological polar surface area (TPSA) is 93.2 Å². The number of nitro benzene ring substituents is 1. The maximum atomic E-state index is 11.2. The van der Waals surface area contributed by atoms with Gasteiger partial charge in [0, 0.05) is 12.1 Å². The van der Waals surface area contributed by atoms with Crippen molar-refractivity contribution in [3.8, 4) is 6.07 Å². The largest absolute Gasteiger partial charge is 0.468 e. The van der Waals surface area contributed by atoms with Gasteiger partial charge >= 0.3 is 5.97 Å². The van der Waals surface area contributed by atoms with Gasteiger partial charge in [0.2, 0.25) is 0 Å². The van der Waals surface area contributed by atoms with Gasteiger partial charge in [-0.15, -0.1) is 0 Å². The average Bonchev–Trinajstić information content (AvgIpc) is 2.30. The van der Waals surface area contributed by atoms with Crippen molar-refractivity contribution >= 4 is 11.7 Å². The summed E-state index contributed by atoms with van der Waals surface area (Å²) in [6.07, 6.45) is 0. The number of non-ortho nitro benzene ring substituents is 1. The van der Waals surface area contributed by atoms with Crippen molar-refractivity contribution in [1.82, 2.24) is 0 Å². The van der Waals surface area contributed by atoms with Crippen molar-refractivity contribution in [3.05, 3.63) is 39.9 Å². The molecule has 82 valence electrons. The monoisotopic (exact) mass is 220 g/mol. The molecule has 16 heavy (non-hydrogen) atoms.